The molecule has 1 heterocycles. The van der Waals surface area contributed by atoms with Crippen LogP contribution in [0.3, 0.4) is 0 Å². The van der Waals surface area contributed by atoms with Crippen LogP contribution >= 0.6 is 11.6 Å². The third-order valence-electron chi connectivity index (χ3n) is 6.20. The van der Waals surface area contributed by atoms with Gasteiger partial charge in [-0.2, -0.15) is 5.26 Å². The molecule has 2 atom stereocenters. The van der Waals surface area contributed by atoms with Gasteiger partial charge in [-0.15, -0.1) is 0 Å². The zero-order valence-electron chi connectivity index (χ0n) is 18.3. The van der Waals surface area contributed by atoms with E-state index < -0.39 is 0 Å². The number of carbonyl (C=O) groups is 1. The molecule has 1 aliphatic rings. The molecule has 3 aromatic carbocycles. The van der Waals surface area contributed by atoms with E-state index in [1.165, 1.54) is 0 Å². The van der Waals surface area contributed by atoms with Gasteiger partial charge in [0.25, 0.3) is 0 Å². The van der Waals surface area contributed by atoms with Crippen molar-refractivity contribution in [2.24, 2.45) is 0 Å². The number of aryl methyl sites for hydroxylation is 1. The molecule has 0 bridgehead atoms. The summed E-state index contributed by atoms with van der Waals surface area (Å²) in [5.41, 5.74) is 4.71. The molecule has 2 unspecified atom stereocenters. The third kappa shape index (κ3) is 4.49. The molecule has 5 heteroatoms. The molecule has 1 saturated heterocycles. The first-order valence-corrected chi connectivity index (χ1v) is 11.2. The molecule has 32 heavy (non-hydrogen) atoms. The van der Waals surface area contributed by atoms with E-state index in [1.54, 1.807) is 0 Å². The first kappa shape index (κ1) is 21.9. The highest BCUT2D eigenvalue weighted by atomic mass is 35.5. The number of halogens is 1. The van der Waals surface area contributed by atoms with Gasteiger partial charge in [0.2, 0.25) is 5.91 Å². The lowest BCUT2D eigenvalue weighted by molar-refractivity contribution is -0.133. The Labute approximate surface area is 194 Å². The predicted molar refractivity (Wildman–Crippen MR) is 129 cm³/mol. The fourth-order valence-electron chi connectivity index (χ4n) is 4.39. The molecular weight excluding hydrogens is 418 g/mol. The zero-order valence-corrected chi connectivity index (χ0v) is 19.1. The fourth-order valence-corrected chi connectivity index (χ4v) is 4.52. The molecule has 0 N–H and O–H groups in total. The van der Waals surface area contributed by atoms with E-state index in [-0.39, 0.29) is 17.9 Å². The van der Waals surface area contributed by atoms with Gasteiger partial charge in [-0.1, -0.05) is 60.1 Å². The molecule has 0 radical (unpaired) electrons. The Kier molecular flexibility index (Phi) is 6.48. The van der Waals surface area contributed by atoms with Crippen molar-refractivity contribution in [3.05, 3.63) is 100 Å². The number of nitrogens with zero attached hydrogens (tertiary/aromatic N) is 3. The molecule has 4 rings (SSSR count). The Bertz CT molecular complexity index is 1140. The summed E-state index contributed by atoms with van der Waals surface area (Å²) < 4.78 is 0. The average molecular weight is 444 g/mol. The van der Waals surface area contributed by atoms with Gasteiger partial charge < -0.3 is 9.80 Å². The van der Waals surface area contributed by atoms with Gasteiger partial charge in [0, 0.05) is 24.7 Å². The van der Waals surface area contributed by atoms with E-state index in [4.69, 9.17) is 11.6 Å². The number of nitriles is 1. The summed E-state index contributed by atoms with van der Waals surface area (Å²) >= 11 is 6.14. The van der Waals surface area contributed by atoms with E-state index in [9.17, 15) is 10.1 Å². The standard InChI is InChI=1S/C27H26ClN3O/c1-19-8-13-25(23(16-19)17-29)31-15-14-30(18-26(31)22-9-11-24(28)12-10-22)27(32)20(2)21-6-4-3-5-7-21/h3-13,16,20,26H,14-15,18H2,1-2H3. The van der Waals surface area contributed by atoms with Gasteiger partial charge in [-0.3, -0.25) is 4.79 Å². The monoisotopic (exact) mass is 443 g/mol. The summed E-state index contributed by atoms with van der Waals surface area (Å²) in [5.74, 6) is -0.0816. The van der Waals surface area contributed by atoms with Gasteiger partial charge in [-0.25, -0.2) is 0 Å². The lowest BCUT2D eigenvalue weighted by Crippen LogP contribution is -2.51. The Morgan fingerprint density at radius 1 is 1.06 bits per heavy atom. The van der Waals surface area contributed by atoms with Crippen molar-refractivity contribution in [3.63, 3.8) is 0 Å². The average Bonchev–Trinajstić information content (AvgIpc) is 2.84. The maximum absolute atomic E-state index is 13.4. The van der Waals surface area contributed by atoms with Gasteiger partial charge >= 0.3 is 0 Å². The van der Waals surface area contributed by atoms with Crippen LogP contribution in [0.15, 0.2) is 72.8 Å². The smallest absolute Gasteiger partial charge is 0.229 e. The molecule has 1 amide bonds. The number of piperazine rings is 1. The topological polar surface area (TPSA) is 47.3 Å². The first-order chi connectivity index (χ1) is 15.5. The molecule has 1 fully saturated rings. The second-order valence-corrected chi connectivity index (χ2v) is 8.75. The normalized spacial score (nSPS) is 17.0. The number of carbonyl (C=O) groups excluding carboxylic acids is 1. The van der Waals surface area contributed by atoms with E-state index >= 15 is 0 Å². The van der Waals surface area contributed by atoms with Gasteiger partial charge in [-0.05, 0) is 54.8 Å². The van der Waals surface area contributed by atoms with Crippen LogP contribution in [0.25, 0.3) is 0 Å². The summed E-state index contributed by atoms with van der Waals surface area (Å²) in [6, 6.07) is 25.9. The van der Waals surface area contributed by atoms with Crippen molar-refractivity contribution in [2.45, 2.75) is 25.8 Å². The van der Waals surface area contributed by atoms with Crippen molar-refractivity contribution in [1.82, 2.24) is 4.90 Å². The maximum Gasteiger partial charge on any atom is 0.229 e. The van der Waals surface area contributed by atoms with E-state index in [0.717, 1.165) is 22.4 Å². The fraction of sp³-hybridized carbons (Fsp3) is 0.259. The summed E-state index contributed by atoms with van der Waals surface area (Å²) in [5, 5.41) is 10.4. The van der Waals surface area contributed by atoms with Crippen molar-refractivity contribution < 1.29 is 4.79 Å². The lowest BCUT2D eigenvalue weighted by atomic mass is 9.96. The molecule has 0 spiro atoms. The minimum Gasteiger partial charge on any atom is -0.360 e. The van der Waals surface area contributed by atoms with Crippen LogP contribution in [-0.4, -0.2) is 30.4 Å². The van der Waals surface area contributed by atoms with Crippen LogP contribution in [0.2, 0.25) is 5.02 Å². The summed E-state index contributed by atoms with van der Waals surface area (Å²) in [6.45, 7) is 5.77. The van der Waals surface area contributed by atoms with E-state index in [2.05, 4.69) is 11.0 Å². The lowest BCUT2D eigenvalue weighted by Gasteiger charge is -2.44. The van der Waals surface area contributed by atoms with Crippen molar-refractivity contribution in [1.29, 1.82) is 5.26 Å². The molecule has 4 nitrogen and oxygen atoms in total. The highest BCUT2D eigenvalue weighted by Crippen LogP contribution is 2.34. The number of amides is 1. The Balaban J connectivity index is 1.66. The van der Waals surface area contributed by atoms with Crippen molar-refractivity contribution in [2.75, 3.05) is 24.5 Å². The molecule has 162 valence electrons. The van der Waals surface area contributed by atoms with Crippen molar-refractivity contribution in [3.8, 4) is 6.07 Å². The molecule has 0 aliphatic carbocycles. The second kappa shape index (κ2) is 9.46. The highest BCUT2D eigenvalue weighted by Gasteiger charge is 2.33. The van der Waals surface area contributed by atoms with Crippen LogP contribution in [0.4, 0.5) is 5.69 Å². The quantitative estimate of drug-likeness (QED) is 0.518. The molecule has 1 aliphatic heterocycles. The molecule has 3 aromatic rings. The number of hydrogen-bond acceptors (Lipinski definition) is 3. The van der Waals surface area contributed by atoms with Crippen LogP contribution in [0.5, 0.6) is 0 Å². The Morgan fingerprint density at radius 3 is 2.47 bits per heavy atom. The minimum absolute atomic E-state index is 0.0669. The van der Waals surface area contributed by atoms with Crippen LogP contribution < -0.4 is 4.90 Å². The van der Waals surface area contributed by atoms with Crippen LogP contribution in [0, 0.1) is 18.3 Å². The van der Waals surface area contributed by atoms with Gasteiger partial charge in [0.15, 0.2) is 0 Å². The molecular formula is C27H26ClN3O. The SMILES string of the molecule is Cc1ccc(N2CCN(C(=O)C(C)c3ccccc3)CC2c2ccc(Cl)cc2)c(C#N)c1. The third-order valence-corrected chi connectivity index (χ3v) is 6.45. The summed E-state index contributed by atoms with van der Waals surface area (Å²) in [7, 11) is 0. The van der Waals surface area contributed by atoms with Crippen LogP contribution in [-0.2, 0) is 4.79 Å². The number of benzene rings is 3. The van der Waals surface area contributed by atoms with E-state index in [0.29, 0.717) is 30.2 Å². The Morgan fingerprint density at radius 2 is 1.78 bits per heavy atom. The van der Waals surface area contributed by atoms with Gasteiger partial charge in [0.05, 0.1) is 23.2 Å². The number of hydrogen-bond donors (Lipinski definition) is 0. The van der Waals surface area contributed by atoms with Crippen molar-refractivity contribution >= 4 is 23.2 Å². The minimum atomic E-state index is -0.206. The predicted octanol–water partition coefficient (Wildman–Crippen LogP) is 5.71. The molecule has 0 aromatic heterocycles. The Hall–Kier alpha value is -3.29. The highest BCUT2D eigenvalue weighted by molar-refractivity contribution is 6.30. The molecule has 0 saturated carbocycles. The zero-order chi connectivity index (χ0) is 22.7. The summed E-state index contributed by atoms with van der Waals surface area (Å²) in [4.78, 5) is 17.6. The van der Waals surface area contributed by atoms with E-state index in [1.807, 2.05) is 91.5 Å². The van der Waals surface area contributed by atoms with Gasteiger partial charge in [0.1, 0.15) is 6.07 Å². The second-order valence-electron chi connectivity index (χ2n) is 8.31. The summed E-state index contributed by atoms with van der Waals surface area (Å²) in [6.07, 6.45) is 0. The number of anilines is 1. The number of rotatable bonds is 4. The first-order valence-electron chi connectivity index (χ1n) is 10.8. The van der Waals surface area contributed by atoms with Crippen LogP contribution in [0.1, 0.15) is 41.1 Å². The maximum atomic E-state index is 13.4. The largest absolute Gasteiger partial charge is 0.360 e.